The number of amidine groups is 1. The van der Waals surface area contributed by atoms with Crippen LogP contribution in [0.25, 0.3) is 0 Å². The van der Waals surface area contributed by atoms with Gasteiger partial charge in [0.25, 0.3) is 0 Å². The van der Waals surface area contributed by atoms with Gasteiger partial charge in [-0.25, -0.2) is 0 Å². The summed E-state index contributed by atoms with van der Waals surface area (Å²) in [6.45, 7) is 2.35. The molecule has 0 aliphatic carbocycles. The maximum Gasteiger partial charge on any atom is 0.320 e. The molecule has 0 heterocycles. The molecule has 0 aliphatic heterocycles. The smallest absolute Gasteiger partial charge is 0.320 e. The van der Waals surface area contributed by atoms with Gasteiger partial charge in [-0.15, -0.1) is 0 Å². The standard InChI is InChI=1S/C9H17N3O2/c1-7(10)12-6-4-2-3-5-8(11)9(13)14/h2-3,8H,4-6,11H2,1H3,(H2,10,12)(H,13,14)/t8-/m1/s1. The molecule has 0 radical (unpaired) electrons. The van der Waals surface area contributed by atoms with Crippen molar-refractivity contribution < 1.29 is 9.90 Å². The van der Waals surface area contributed by atoms with Gasteiger partial charge < -0.3 is 16.6 Å². The van der Waals surface area contributed by atoms with Crippen LogP contribution in [-0.2, 0) is 4.79 Å². The molecule has 0 rings (SSSR count). The van der Waals surface area contributed by atoms with E-state index < -0.39 is 12.0 Å². The zero-order chi connectivity index (χ0) is 11.0. The Hall–Kier alpha value is -1.36. The topological polar surface area (TPSA) is 102 Å². The molecule has 0 aromatic heterocycles. The van der Waals surface area contributed by atoms with Crippen molar-refractivity contribution in [3.05, 3.63) is 12.2 Å². The zero-order valence-corrected chi connectivity index (χ0v) is 8.31. The molecule has 0 aromatic carbocycles. The third kappa shape index (κ3) is 7.30. The van der Waals surface area contributed by atoms with Gasteiger partial charge in [0.1, 0.15) is 6.04 Å². The Morgan fingerprint density at radius 3 is 2.71 bits per heavy atom. The summed E-state index contributed by atoms with van der Waals surface area (Å²) in [5, 5.41) is 8.46. The van der Waals surface area contributed by atoms with E-state index in [4.69, 9.17) is 16.6 Å². The number of aliphatic carboxylic acids is 1. The quantitative estimate of drug-likeness (QED) is 0.244. The van der Waals surface area contributed by atoms with Crippen LogP contribution in [0.5, 0.6) is 0 Å². The number of carboxylic acid groups (broad SMARTS) is 1. The number of carbonyl (C=O) groups is 1. The van der Waals surface area contributed by atoms with Crippen molar-refractivity contribution in [3.63, 3.8) is 0 Å². The molecular weight excluding hydrogens is 182 g/mol. The lowest BCUT2D eigenvalue weighted by molar-refractivity contribution is -0.138. The van der Waals surface area contributed by atoms with Gasteiger partial charge >= 0.3 is 5.97 Å². The predicted octanol–water partition coefficient (Wildman–Crippen LogP) is 0.112. The number of nitrogens with two attached hydrogens (primary N) is 2. The van der Waals surface area contributed by atoms with E-state index in [1.165, 1.54) is 0 Å². The van der Waals surface area contributed by atoms with Crippen molar-refractivity contribution in [3.8, 4) is 0 Å². The van der Waals surface area contributed by atoms with Gasteiger partial charge in [0.05, 0.1) is 5.84 Å². The fourth-order valence-electron chi connectivity index (χ4n) is 0.777. The van der Waals surface area contributed by atoms with E-state index in [1.807, 2.05) is 6.08 Å². The molecule has 0 aromatic rings. The minimum absolute atomic E-state index is 0.348. The molecule has 0 amide bonds. The number of carboxylic acids is 1. The van der Waals surface area contributed by atoms with E-state index in [0.29, 0.717) is 18.8 Å². The van der Waals surface area contributed by atoms with Crippen LogP contribution in [0.3, 0.4) is 0 Å². The number of aliphatic imine (C=N–C) groups is 1. The van der Waals surface area contributed by atoms with E-state index in [1.54, 1.807) is 13.0 Å². The van der Waals surface area contributed by atoms with Crippen molar-refractivity contribution >= 4 is 11.8 Å². The van der Waals surface area contributed by atoms with Crippen molar-refractivity contribution in [1.29, 1.82) is 0 Å². The molecule has 0 saturated carbocycles. The fourth-order valence-corrected chi connectivity index (χ4v) is 0.777. The molecule has 0 saturated heterocycles. The number of hydrogen-bond acceptors (Lipinski definition) is 3. The van der Waals surface area contributed by atoms with E-state index >= 15 is 0 Å². The second kappa shape index (κ2) is 7.08. The van der Waals surface area contributed by atoms with E-state index in [0.717, 1.165) is 6.42 Å². The molecule has 0 fully saturated rings. The third-order valence-corrected chi connectivity index (χ3v) is 1.53. The summed E-state index contributed by atoms with van der Waals surface area (Å²) in [5.41, 5.74) is 10.6. The van der Waals surface area contributed by atoms with Crippen LogP contribution in [0.4, 0.5) is 0 Å². The first-order valence-corrected chi connectivity index (χ1v) is 4.44. The first kappa shape index (κ1) is 12.6. The molecule has 5 N–H and O–H groups in total. The monoisotopic (exact) mass is 199 g/mol. The summed E-state index contributed by atoms with van der Waals surface area (Å²) in [5.74, 6) is -0.425. The lowest BCUT2D eigenvalue weighted by atomic mass is 10.2. The third-order valence-electron chi connectivity index (χ3n) is 1.53. The highest BCUT2D eigenvalue weighted by atomic mass is 16.4. The highest BCUT2D eigenvalue weighted by molar-refractivity contribution is 5.77. The fraction of sp³-hybridized carbons (Fsp3) is 0.556. The van der Waals surface area contributed by atoms with Crippen LogP contribution in [0.1, 0.15) is 19.8 Å². The summed E-state index contributed by atoms with van der Waals surface area (Å²) in [4.78, 5) is 14.3. The Morgan fingerprint density at radius 1 is 1.57 bits per heavy atom. The minimum Gasteiger partial charge on any atom is -0.480 e. The van der Waals surface area contributed by atoms with Crippen LogP contribution in [-0.4, -0.2) is 29.5 Å². The predicted molar refractivity (Wildman–Crippen MR) is 56.1 cm³/mol. The van der Waals surface area contributed by atoms with Crippen molar-refractivity contribution in [1.82, 2.24) is 0 Å². The molecule has 0 bridgehead atoms. The first-order valence-electron chi connectivity index (χ1n) is 4.44. The summed E-state index contributed by atoms with van der Waals surface area (Å²) in [7, 11) is 0. The molecule has 1 atom stereocenters. The average molecular weight is 199 g/mol. The van der Waals surface area contributed by atoms with Crippen LogP contribution >= 0.6 is 0 Å². The second-order valence-corrected chi connectivity index (χ2v) is 2.96. The molecule has 0 aliphatic rings. The van der Waals surface area contributed by atoms with Gasteiger partial charge in [-0.1, -0.05) is 12.2 Å². The second-order valence-electron chi connectivity index (χ2n) is 2.96. The maximum absolute atomic E-state index is 10.3. The summed E-state index contributed by atoms with van der Waals surface area (Å²) in [6, 6.07) is -0.814. The van der Waals surface area contributed by atoms with Gasteiger partial charge in [-0.05, 0) is 19.8 Å². The lowest BCUT2D eigenvalue weighted by Crippen LogP contribution is -2.29. The van der Waals surface area contributed by atoms with Crippen LogP contribution < -0.4 is 11.5 Å². The van der Waals surface area contributed by atoms with Gasteiger partial charge in [-0.2, -0.15) is 0 Å². The first-order chi connectivity index (χ1) is 6.54. The van der Waals surface area contributed by atoms with Crippen molar-refractivity contribution in [2.24, 2.45) is 16.5 Å². The van der Waals surface area contributed by atoms with Gasteiger partial charge in [-0.3, -0.25) is 9.79 Å². The summed E-state index contributed by atoms with van der Waals surface area (Å²) in [6.07, 6.45) is 4.71. The SMILES string of the molecule is CC(N)=NCCC=CC[C@@H](N)C(=O)O. The minimum atomic E-state index is -0.981. The van der Waals surface area contributed by atoms with E-state index in [2.05, 4.69) is 4.99 Å². The molecule has 14 heavy (non-hydrogen) atoms. The van der Waals surface area contributed by atoms with Crippen LogP contribution in [0.15, 0.2) is 17.1 Å². The molecular formula is C9H17N3O2. The van der Waals surface area contributed by atoms with Crippen molar-refractivity contribution in [2.75, 3.05) is 6.54 Å². The average Bonchev–Trinajstić information content (AvgIpc) is 2.09. The van der Waals surface area contributed by atoms with Crippen LogP contribution in [0.2, 0.25) is 0 Å². The Kier molecular flexibility index (Phi) is 6.39. The molecule has 5 nitrogen and oxygen atoms in total. The Bertz CT molecular complexity index is 232. The number of hydrogen-bond donors (Lipinski definition) is 3. The van der Waals surface area contributed by atoms with Gasteiger partial charge in [0.15, 0.2) is 0 Å². The van der Waals surface area contributed by atoms with E-state index in [-0.39, 0.29) is 0 Å². The number of nitrogens with zero attached hydrogens (tertiary/aromatic N) is 1. The highest BCUT2D eigenvalue weighted by Crippen LogP contribution is 1.92. The van der Waals surface area contributed by atoms with Crippen LogP contribution in [0, 0.1) is 0 Å². The Balaban J connectivity index is 3.55. The van der Waals surface area contributed by atoms with Gasteiger partial charge in [0, 0.05) is 6.54 Å². The van der Waals surface area contributed by atoms with Crippen molar-refractivity contribution in [2.45, 2.75) is 25.8 Å². The molecule has 80 valence electrons. The maximum atomic E-state index is 10.3. The van der Waals surface area contributed by atoms with Gasteiger partial charge in [0.2, 0.25) is 0 Å². The normalized spacial score (nSPS) is 14.6. The highest BCUT2D eigenvalue weighted by Gasteiger charge is 2.07. The Morgan fingerprint density at radius 2 is 2.21 bits per heavy atom. The zero-order valence-electron chi connectivity index (χ0n) is 8.31. The molecule has 0 unspecified atom stereocenters. The number of rotatable bonds is 6. The molecule has 0 spiro atoms. The molecule has 5 heteroatoms. The van der Waals surface area contributed by atoms with E-state index in [9.17, 15) is 4.79 Å². The Labute approximate surface area is 83.5 Å². The summed E-state index contributed by atoms with van der Waals surface area (Å²) >= 11 is 0. The summed E-state index contributed by atoms with van der Waals surface area (Å²) < 4.78 is 0. The lowest BCUT2D eigenvalue weighted by Gasteiger charge is -1.99. The largest absolute Gasteiger partial charge is 0.480 e.